The van der Waals surface area contributed by atoms with Gasteiger partial charge in [-0.25, -0.2) is 0 Å². The molecule has 0 atom stereocenters. The third-order valence-electron chi connectivity index (χ3n) is 8.67. The molecule has 2 aliphatic rings. The van der Waals surface area contributed by atoms with Crippen molar-refractivity contribution in [2.45, 2.75) is 0 Å². The first-order chi connectivity index (χ1) is 20.7. The molecule has 4 aromatic carbocycles. The average molecular weight is 624 g/mol. The van der Waals surface area contributed by atoms with Gasteiger partial charge in [-0.15, -0.1) is 0 Å². The van der Waals surface area contributed by atoms with Gasteiger partial charge in [-0.3, -0.25) is 0 Å². The summed E-state index contributed by atoms with van der Waals surface area (Å²) >= 11 is -3.23. The summed E-state index contributed by atoms with van der Waals surface area (Å²) in [6.45, 7) is 0. The van der Waals surface area contributed by atoms with Crippen molar-refractivity contribution in [2.75, 3.05) is 21.3 Å². The van der Waals surface area contributed by atoms with Crippen LogP contribution in [0.3, 0.4) is 0 Å². The molecule has 0 radical (unpaired) electrons. The fraction of sp³-hybridized carbons (Fsp3) is 0. The van der Waals surface area contributed by atoms with E-state index >= 15 is 0 Å². The third kappa shape index (κ3) is 2.89. The molecule has 6 heterocycles. The molecule has 0 fully saturated rings. The van der Waals surface area contributed by atoms with Crippen LogP contribution in [-0.4, -0.2) is 32.2 Å². The standard InChI is InChI=1S/C32H22N8.ClH.Ga/c1-2-10-18-17(9-1)25-33-26(18)38-28-21-13-5-6-14-22(21)30(35-28)40-32-24-16-8-7-15-23(24)31(36-32)39-29-20-12-4-3-11-19(20)27(34-29)37-25;;/h1-16,33,36-40H;1H;/q-2;;+3/p-1. The van der Waals surface area contributed by atoms with Gasteiger partial charge in [0.15, 0.2) is 0 Å². The van der Waals surface area contributed by atoms with Crippen LogP contribution in [0.25, 0.3) is 43.1 Å². The summed E-state index contributed by atoms with van der Waals surface area (Å²) in [7, 11) is 7.90. The molecule has 42 heavy (non-hydrogen) atoms. The summed E-state index contributed by atoms with van der Waals surface area (Å²) in [6.07, 6.45) is 0. The Morgan fingerprint density at radius 2 is 0.619 bits per heavy atom. The van der Waals surface area contributed by atoms with Gasteiger partial charge in [-0.2, -0.15) is 0 Å². The monoisotopic (exact) mass is 622 g/mol. The van der Waals surface area contributed by atoms with E-state index in [-0.39, 0.29) is 0 Å². The molecule has 0 spiro atoms. The second-order valence-corrected chi connectivity index (χ2v) is 16.4. The molecule has 0 saturated heterocycles. The number of H-pyrrole nitrogens is 2. The Morgan fingerprint density at radius 3 is 0.881 bits per heavy atom. The molecule has 10 heteroatoms. The van der Waals surface area contributed by atoms with Gasteiger partial charge in [0.05, 0.1) is 0 Å². The van der Waals surface area contributed by atoms with Crippen LogP contribution in [0.5, 0.6) is 0 Å². The molecule has 0 amide bonds. The van der Waals surface area contributed by atoms with Crippen LogP contribution < -0.4 is 21.3 Å². The van der Waals surface area contributed by atoms with Crippen molar-refractivity contribution >= 4 is 115 Å². The van der Waals surface area contributed by atoms with Crippen LogP contribution in [0, 0.1) is 0 Å². The number of rotatable bonds is 0. The average Bonchev–Trinajstić information content (AvgIpc) is 3.74. The number of hydrogen-bond donors (Lipinski definition) is 6. The predicted molar refractivity (Wildman–Crippen MR) is 176 cm³/mol. The van der Waals surface area contributed by atoms with Gasteiger partial charge in [0.2, 0.25) is 0 Å². The molecular weight excluding hydrogens is 602 g/mol. The Hall–Kier alpha value is -4.83. The van der Waals surface area contributed by atoms with Crippen molar-refractivity contribution in [1.82, 2.24) is 16.5 Å². The molecule has 0 saturated carbocycles. The normalized spacial score (nSPS) is 13.6. The first-order valence-corrected chi connectivity index (χ1v) is 19.3. The zero-order valence-corrected chi connectivity index (χ0v) is 25.3. The molecule has 6 bridgehead atoms. The number of nitrogens with zero attached hydrogens (tertiary/aromatic N) is 2. The molecule has 6 N–H and O–H groups in total. The van der Waals surface area contributed by atoms with E-state index in [1.54, 1.807) is 0 Å². The number of hydrogen-bond acceptors (Lipinski definition) is 4. The number of anilines is 8. The summed E-state index contributed by atoms with van der Waals surface area (Å²) in [5.41, 5.74) is 0. The van der Waals surface area contributed by atoms with E-state index in [4.69, 9.17) is 9.64 Å². The minimum absolute atomic E-state index is 0.929. The zero-order valence-electron chi connectivity index (χ0n) is 22.1. The van der Waals surface area contributed by atoms with Crippen LogP contribution >= 0.6 is 9.64 Å². The zero-order chi connectivity index (χ0) is 27.5. The minimum atomic E-state index is -3.23. The number of aromatic nitrogens is 4. The summed E-state index contributed by atoms with van der Waals surface area (Å²) in [4.78, 5) is 7.35. The summed E-state index contributed by atoms with van der Waals surface area (Å²) in [6, 6.07) is 33.9. The third-order valence-corrected chi connectivity index (χ3v) is 14.7. The van der Waals surface area contributed by atoms with Crippen LogP contribution in [0.1, 0.15) is 0 Å². The molecule has 10 rings (SSSR count). The van der Waals surface area contributed by atoms with Gasteiger partial charge in [0.25, 0.3) is 0 Å². The van der Waals surface area contributed by atoms with E-state index in [0.29, 0.717) is 0 Å². The van der Waals surface area contributed by atoms with Crippen LogP contribution in [0.4, 0.5) is 46.5 Å². The molecule has 0 aliphatic carbocycles. The number of halogens is 1. The Bertz CT molecular complexity index is 2090. The molecule has 200 valence electrons. The maximum atomic E-state index is 7.90. The SMILES string of the molecule is [Cl][Ga]1[n]2c3c4ccccc4c2Nc2[nH]c(c4ccccc24)Nc2c4ccccc4c([n]21)Nc1[nH]c(c2ccccc12)N3. The van der Waals surface area contributed by atoms with Crippen molar-refractivity contribution in [3.8, 4) is 0 Å². The van der Waals surface area contributed by atoms with E-state index in [2.05, 4.69) is 135 Å². The first-order valence-electron chi connectivity index (χ1n) is 13.9. The number of aromatic amines is 2. The second-order valence-electron chi connectivity index (χ2n) is 10.9. The van der Waals surface area contributed by atoms with E-state index < -0.39 is 15.7 Å². The molecule has 8 nitrogen and oxygen atoms in total. The van der Waals surface area contributed by atoms with Gasteiger partial charge in [0, 0.05) is 0 Å². The van der Waals surface area contributed by atoms with E-state index in [1.165, 1.54) is 0 Å². The van der Waals surface area contributed by atoms with Crippen molar-refractivity contribution in [1.29, 1.82) is 0 Å². The molecule has 8 aromatic rings. The Labute approximate surface area is 248 Å². The summed E-state index contributed by atoms with van der Waals surface area (Å²) in [5, 5.41) is 24.1. The Balaban J connectivity index is 1.43. The van der Waals surface area contributed by atoms with Gasteiger partial charge in [-0.1, -0.05) is 0 Å². The summed E-state index contributed by atoms with van der Waals surface area (Å²) in [5.74, 6) is 7.60. The van der Waals surface area contributed by atoms with Crippen LogP contribution in [-0.2, 0) is 0 Å². The van der Waals surface area contributed by atoms with Gasteiger partial charge >= 0.3 is 250 Å². The summed E-state index contributed by atoms with van der Waals surface area (Å²) < 4.78 is 4.69. The number of fused-ring (bicyclic) bond motifs is 16. The van der Waals surface area contributed by atoms with Crippen LogP contribution in [0.2, 0.25) is 0 Å². The Morgan fingerprint density at radius 1 is 0.381 bits per heavy atom. The van der Waals surface area contributed by atoms with Gasteiger partial charge in [-0.05, 0) is 0 Å². The fourth-order valence-corrected chi connectivity index (χ4v) is 12.8. The molecule has 2 aliphatic heterocycles. The molecular formula is C32H22ClGaN8. The first kappa shape index (κ1) is 22.8. The van der Waals surface area contributed by atoms with Crippen molar-refractivity contribution in [3.63, 3.8) is 0 Å². The number of nitrogens with one attached hydrogen (secondary N) is 6. The van der Waals surface area contributed by atoms with Crippen molar-refractivity contribution in [2.24, 2.45) is 0 Å². The van der Waals surface area contributed by atoms with E-state index in [9.17, 15) is 0 Å². The van der Waals surface area contributed by atoms with Gasteiger partial charge in [0.1, 0.15) is 0 Å². The molecule has 0 unspecified atom stereocenters. The fourth-order valence-electron chi connectivity index (χ4n) is 6.81. The molecule has 4 aromatic heterocycles. The van der Waals surface area contributed by atoms with E-state index in [0.717, 1.165) is 89.6 Å². The maximum absolute atomic E-state index is 7.90. The quantitative estimate of drug-likeness (QED) is 0.0954. The Kier molecular flexibility index (Phi) is 4.42. The topological polar surface area (TPSA) is 89.6 Å². The van der Waals surface area contributed by atoms with Crippen molar-refractivity contribution in [3.05, 3.63) is 97.1 Å². The predicted octanol–water partition coefficient (Wildman–Crippen LogP) is 8.78. The number of benzene rings is 4. The van der Waals surface area contributed by atoms with E-state index in [1.807, 2.05) is 0 Å². The van der Waals surface area contributed by atoms with Crippen LogP contribution in [0.15, 0.2) is 97.1 Å². The van der Waals surface area contributed by atoms with Crippen molar-refractivity contribution < 1.29 is 0 Å². The van der Waals surface area contributed by atoms with Gasteiger partial charge < -0.3 is 0 Å². The second kappa shape index (κ2) is 8.13.